The lowest BCUT2D eigenvalue weighted by molar-refractivity contribution is -0.134. The molecule has 1 aliphatic rings. The summed E-state index contributed by atoms with van der Waals surface area (Å²) in [6.07, 6.45) is 0. The number of rotatable bonds is 5. The highest BCUT2D eigenvalue weighted by atomic mass is 35.5. The molecule has 1 heterocycles. The summed E-state index contributed by atoms with van der Waals surface area (Å²) in [5, 5.41) is 3.61. The number of piperazine rings is 1. The van der Waals surface area contributed by atoms with E-state index in [9.17, 15) is 9.59 Å². The molecule has 1 saturated heterocycles. The van der Waals surface area contributed by atoms with Crippen molar-refractivity contribution in [3.8, 4) is 11.1 Å². The number of hydrogen-bond donors (Lipinski definition) is 1. The molecule has 0 aromatic heterocycles. The van der Waals surface area contributed by atoms with Gasteiger partial charge in [-0.2, -0.15) is 0 Å². The van der Waals surface area contributed by atoms with Crippen molar-refractivity contribution >= 4 is 34.8 Å². The Morgan fingerprint density at radius 3 is 2.09 bits per heavy atom. The maximum Gasteiger partial charge on any atom is 0.255 e. The van der Waals surface area contributed by atoms with Gasteiger partial charge in [-0.3, -0.25) is 9.59 Å². The number of nitrogens with one attached hydrogen (secondary N) is 1. The van der Waals surface area contributed by atoms with Crippen molar-refractivity contribution in [2.24, 2.45) is 5.92 Å². The van der Waals surface area contributed by atoms with Gasteiger partial charge in [-0.15, -0.1) is 0 Å². The molecule has 170 valence electrons. The molecule has 0 bridgehead atoms. The quantitative estimate of drug-likeness (QED) is 0.540. The number of carbonyl (C=O) groups excluding carboxylic acids is 2. The topological polar surface area (TPSA) is 52.7 Å². The van der Waals surface area contributed by atoms with Crippen molar-refractivity contribution in [1.82, 2.24) is 4.90 Å². The molecule has 33 heavy (non-hydrogen) atoms. The van der Waals surface area contributed by atoms with E-state index in [1.54, 1.807) is 0 Å². The average Bonchev–Trinajstić information content (AvgIpc) is 2.84. The molecular weight excluding hydrogens is 434 g/mol. The fourth-order valence-corrected chi connectivity index (χ4v) is 4.39. The van der Waals surface area contributed by atoms with Gasteiger partial charge in [0.1, 0.15) is 0 Å². The summed E-state index contributed by atoms with van der Waals surface area (Å²) >= 11 is 6.56. The van der Waals surface area contributed by atoms with Crippen LogP contribution >= 0.6 is 11.6 Å². The Morgan fingerprint density at radius 1 is 0.818 bits per heavy atom. The van der Waals surface area contributed by atoms with E-state index < -0.39 is 0 Å². The molecule has 1 aliphatic heterocycles. The van der Waals surface area contributed by atoms with Crippen molar-refractivity contribution in [1.29, 1.82) is 0 Å². The summed E-state index contributed by atoms with van der Waals surface area (Å²) in [5.74, 6) is -0.0342. The number of nitrogens with zero attached hydrogens (tertiary/aromatic N) is 2. The number of amides is 2. The molecule has 0 atom stereocenters. The van der Waals surface area contributed by atoms with Crippen molar-refractivity contribution < 1.29 is 9.59 Å². The molecule has 0 aliphatic carbocycles. The van der Waals surface area contributed by atoms with Crippen molar-refractivity contribution in [3.05, 3.63) is 83.4 Å². The molecule has 4 rings (SSSR count). The highest BCUT2D eigenvalue weighted by Crippen LogP contribution is 2.35. The Labute approximate surface area is 200 Å². The van der Waals surface area contributed by atoms with Gasteiger partial charge in [-0.05, 0) is 35.4 Å². The third kappa shape index (κ3) is 5.20. The smallest absolute Gasteiger partial charge is 0.255 e. The summed E-state index contributed by atoms with van der Waals surface area (Å²) < 4.78 is 0. The molecule has 0 saturated carbocycles. The van der Waals surface area contributed by atoms with E-state index in [1.807, 2.05) is 91.5 Å². The van der Waals surface area contributed by atoms with Crippen LogP contribution in [0.2, 0.25) is 5.02 Å². The Bertz CT molecular complexity index is 1120. The second-order valence-corrected chi connectivity index (χ2v) is 8.91. The molecule has 0 spiro atoms. The second-order valence-electron chi connectivity index (χ2n) is 8.50. The highest BCUT2D eigenvalue weighted by molar-refractivity contribution is 6.34. The highest BCUT2D eigenvalue weighted by Gasteiger charge is 2.25. The molecule has 3 aromatic rings. The Balaban J connectivity index is 1.49. The van der Waals surface area contributed by atoms with Crippen LogP contribution in [0.25, 0.3) is 11.1 Å². The summed E-state index contributed by atoms with van der Waals surface area (Å²) in [5.41, 5.74) is 4.21. The van der Waals surface area contributed by atoms with Gasteiger partial charge >= 0.3 is 0 Å². The van der Waals surface area contributed by atoms with Crippen molar-refractivity contribution in [2.75, 3.05) is 36.4 Å². The molecule has 1 N–H and O–H groups in total. The molecule has 6 heteroatoms. The van der Waals surface area contributed by atoms with Gasteiger partial charge in [0, 0.05) is 37.7 Å². The van der Waals surface area contributed by atoms with Gasteiger partial charge in [0.15, 0.2) is 0 Å². The zero-order valence-corrected chi connectivity index (χ0v) is 19.7. The maximum atomic E-state index is 13.0. The van der Waals surface area contributed by atoms with Crippen LogP contribution in [0.4, 0.5) is 11.4 Å². The minimum atomic E-state index is -0.188. The van der Waals surface area contributed by atoms with Crippen LogP contribution in [0.1, 0.15) is 24.2 Å². The molecule has 5 nitrogen and oxygen atoms in total. The zero-order chi connectivity index (χ0) is 23.4. The summed E-state index contributed by atoms with van der Waals surface area (Å²) in [4.78, 5) is 29.3. The third-order valence-corrected chi connectivity index (χ3v) is 6.20. The first kappa shape index (κ1) is 22.9. The van der Waals surface area contributed by atoms with E-state index in [0.717, 1.165) is 16.8 Å². The predicted octanol–water partition coefficient (Wildman–Crippen LogP) is 5.56. The van der Waals surface area contributed by atoms with E-state index in [1.165, 1.54) is 0 Å². The first-order chi connectivity index (χ1) is 15.9. The summed E-state index contributed by atoms with van der Waals surface area (Å²) in [7, 11) is 0. The normalized spacial score (nSPS) is 13.8. The van der Waals surface area contributed by atoms with E-state index in [4.69, 9.17) is 11.6 Å². The lowest BCUT2D eigenvalue weighted by atomic mass is 10.0. The van der Waals surface area contributed by atoms with Crippen LogP contribution in [0.5, 0.6) is 0 Å². The molecular formula is C27H28ClN3O2. The number of para-hydroxylation sites is 1. The summed E-state index contributed by atoms with van der Waals surface area (Å²) in [6.45, 7) is 6.44. The maximum absolute atomic E-state index is 13.0. The van der Waals surface area contributed by atoms with Crippen LogP contribution in [-0.4, -0.2) is 42.9 Å². The monoisotopic (exact) mass is 461 g/mol. The van der Waals surface area contributed by atoms with Gasteiger partial charge in [-0.25, -0.2) is 0 Å². The Morgan fingerprint density at radius 2 is 1.45 bits per heavy atom. The Hall–Kier alpha value is -3.31. The van der Waals surface area contributed by atoms with Crippen LogP contribution in [-0.2, 0) is 4.79 Å². The van der Waals surface area contributed by atoms with E-state index in [-0.39, 0.29) is 17.7 Å². The first-order valence-corrected chi connectivity index (χ1v) is 11.6. The average molecular weight is 462 g/mol. The number of carbonyl (C=O) groups is 2. The number of hydrogen-bond acceptors (Lipinski definition) is 3. The standard InChI is InChI=1S/C27H28ClN3O2/c1-19(2)27(33)31-17-15-30(16-18-31)25-23(28)9-6-10-24(25)29-26(32)22-13-11-21(12-14-22)20-7-4-3-5-8-20/h3-14,19H,15-18H2,1-2H3,(H,29,32). The minimum Gasteiger partial charge on any atom is -0.365 e. The van der Waals surface area contributed by atoms with Gasteiger partial charge in [0.05, 0.1) is 16.4 Å². The van der Waals surface area contributed by atoms with Crippen molar-refractivity contribution in [3.63, 3.8) is 0 Å². The van der Waals surface area contributed by atoms with E-state index in [2.05, 4.69) is 10.2 Å². The number of halogens is 1. The fraction of sp³-hybridized carbons (Fsp3) is 0.259. The van der Waals surface area contributed by atoms with Crippen LogP contribution < -0.4 is 10.2 Å². The van der Waals surface area contributed by atoms with Crippen molar-refractivity contribution in [2.45, 2.75) is 13.8 Å². The van der Waals surface area contributed by atoms with Gasteiger partial charge < -0.3 is 15.1 Å². The minimum absolute atomic E-state index is 0.0139. The molecule has 0 unspecified atom stereocenters. The summed E-state index contributed by atoms with van der Waals surface area (Å²) in [6, 6.07) is 23.1. The van der Waals surface area contributed by atoms with E-state index in [0.29, 0.717) is 42.5 Å². The lowest BCUT2D eigenvalue weighted by Gasteiger charge is -2.38. The number of benzene rings is 3. The first-order valence-electron chi connectivity index (χ1n) is 11.2. The largest absolute Gasteiger partial charge is 0.365 e. The molecule has 2 amide bonds. The van der Waals surface area contributed by atoms with Crippen LogP contribution in [0, 0.1) is 5.92 Å². The Kier molecular flexibility index (Phi) is 6.99. The molecule has 3 aromatic carbocycles. The van der Waals surface area contributed by atoms with Gasteiger partial charge in [0.25, 0.3) is 5.91 Å². The number of anilines is 2. The van der Waals surface area contributed by atoms with Gasteiger partial charge in [0.2, 0.25) is 5.91 Å². The zero-order valence-electron chi connectivity index (χ0n) is 18.9. The third-order valence-electron chi connectivity index (χ3n) is 5.89. The fourth-order valence-electron chi connectivity index (χ4n) is 4.09. The molecule has 1 fully saturated rings. The van der Waals surface area contributed by atoms with E-state index >= 15 is 0 Å². The molecule has 0 radical (unpaired) electrons. The lowest BCUT2D eigenvalue weighted by Crippen LogP contribution is -2.50. The second kappa shape index (κ2) is 10.1. The van der Waals surface area contributed by atoms with Crippen LogP contribution in [0.15, 0.2) is 72.8 Å². The van der Waals surface area contributed by atoms with Crippen LogP contribution in [0.3, 0.4) is 0 Å². The predicted molar refractivity (Wildman–Crippen MR) is 135 cm³/mol. The van der Waals surface area contributed by atoms with Gasteiger partial charge in [-0.1, -0.05) is 74.0 Å². The SMILES string of the molecule is CC(C)C(=O)N1CCN(c2c(Cl)cccc2NC(=O)c2ccc(-c3ccccc3)cc2)CC1.